The van der Waals surface area contributed by atoms with Crippen molar-refractivity contribution in [2.45, 2.75) is 13.8 Å². The van der Waals surface area contributed by atoms with Crippen LogP contribution in [-0.4, -0.2) is 43.1 Å². The highest BCUT2D eigenvalue weighted by molar-refractivity contribution is 6.37. The number of nitrogens with zero attached hydrogens (tertiary/aromatic N) is 2. The van der Waals surface area contributed by atoms with Crippen LogP contribution in [0.4, 0.5) is 11.6 Å². The third-order valence-electron chi connectivity index (χ3n) is 2.60. The molecule has 0 fully saturated rings. The van der Waals surface area contributed by atoms with Crippen molar-refractivity contribution in [2.75, 3.05) is 43.9 Å². The zero-order valence-corrected chi connectivity index (χ0v) is 12.6. The van der Waals surface area contributed by atoms with Crippen molar-refractivity contribution in [2.24, 2.45) is 0 Å². The zero-order valence-electron chi connectivity index (χ0n) is 11.1. The van der Waals surface area contributed by atoms with Crippen molar-refractivity contribution < 1.29 is 0 Å². The topological polar surface area (TPSA) is 40.2 Å². The SMILES string of the molecule is CCNc1nc(NCCN(C)CC)c(Cl)cc1Cl. The molecule has 1 rings (SSSR count). The van der Waals surface area contributed by atoms with Crippen molar-refractivity contribution in [3.05, 3.63) is 16.1 Å². The first kappa shape index (κ1) is 15.3. The van der Waals surface area contributed by atoms with Gasteiger partial charge in [0.05, 0.1) is 10.0 Å². The van der Waals surface area contributed by atoms with Gasteiger partial charge in [0.25, 0.3) is 0 Å². The van der Waals surface area contributed by atoms with E-state index >= 15 is 0 Å². The third-order valence-corrected chi connectivity index (χ3v) is 3.18. The lowest BCUT2D eigenvalue weighted by molar-refractivity contribution is 0.367. The molecule has 18 heavy (non-hydrogen) atoms. The molecule has 0 aliphatic rings. The lowest BCUT2D eigenvalue weighted by Gasteiger charge is -2.15. The van der Waals surface area contributed by atoms with Gasteiger partial charge in [-0.05, 0) is 26.6 Å². The molecule has 0 aromatic carbocycles. The molecule has 0 atom stereocenters. The Morgan fingerprint density at radius 1 is 1.17 bits per heavy atom. The molecule has 1 aromatic rings. The molecular weight excluding hydrogens is 271 g/mol. The Kier molecular flexibility index (Phi) is 6.54. The largest absolute Gasteiger partial charge is 0.369 e. The molecule has 0 amide bonds. The van der Waals surface area contributed by atoms with Crippen LogP contribution in [-0.2, 0) is 0 Å². The molecule has 0 saturated heterocycles. The number of pyridine rings is 1. The van der Waals surface area contributed by atoms with Gasteiger partial charge in [0.2, 0.25) is 0 Å². The Hall–Kier alpha value is -0.710. The molecule has 0 unspecified atom stereocenters. The van der Waals surface area contributed by atoms with Crippen LogP contribution >= 0.6 is 23.2 Å². The lowest BCUT2D eigenvalue weighted by atomic mass is 10.4. The number of hydrogen-bond donors (Lipinski definition) is 2. The average Bonchev–Trinajstić information content (AvgIpc) is 2.34. The van der Waals surface area contributed by atoms with E-state index in [1.165, 1.54) is 0 Å². The molecule has 4 nitrogen and oxygen atoms in total. The Bertz CT molecular complexity index is 385. The molecule has 2 N–H and O–H groups in total. The summed E-state index contributed by atoms with van der Waals surface area (Å²) < 4.78 is 0. The number of rotatable bonds is 7. The quantitative estimate of drug-likeness (QED) is 0.809. The van der Waals surface area contributed by atoms with Gasteiger partial charge >= 0.3 is 0 Å². The highest BCUT2D eigenvalue weighted by atomic mass is 35.5. The maximum atomic E-state index is 6.10. The van der Waals surface area contributed by atoms with Gasteiger partial charge in [-0.1, -0.05) is 30.1 Å². The fourth-order valence-electron chi connectivity index (χ4n) is 1.41. The monoisotopic (exact) mass is 290 g/mol. The molecule has 0 bridgehead atoms. The normalized spacial score (nSPS) is 10.8. The van der Waals surface area contributed by atoms with Crippen LogP contribution < -0.4 is 10.6 Å². The second kappa shape index (κ2) is 7.67. The van der Waals surface area contributed by atoms with Crippen molar-refractivity contribution in [3.63, 3.8) is 0 Å². The molecule has 0 saturated carbocycles. The minimum atomic E-state index is 0.540. The molecule has 102 valence electrons. The second-order valence-corrected chi connectivity index (χ2v) is 4.82. The molecule has 1 aromatic heterocycles. The summed E-state index contributed by atoms with van der Waals surface area (Å²) in [5.41, 5.74) is 0. The van der Waals surface area contributed by atoms with Crippen LogP contribution in [0.25, 0.3) is 0 Å². The van der Waals surface area contributed by atoms with Gasteiger partial charge in [0.15, 0.2) is 0 Å². The molecule has 0 radical (unpaired) electrons. The summed E-state index contributed by atoms with van der Waals surface area (Å²) in [6.07, 6.45) is 0. The van der Waals surface area contributed by atoms with Crippen molar-refractivity contribution in [3.8, 4) is 0 Å². The van der Waals surface area contributed by atoms with E-state index in [1.54, 1.807) is 6.07 Å². The Balaban J connectivity index is 2.67. The fourth-order valence-corrected chi connectivity index (χ4v) is 1.90. The second-order valence-electron chi connectivity index (χ2n) is 4.00. The summed E-state index contributed by atoms with van der Waals surface area (Å²) in [6, 6.07) is 1.71. The molecule has 0 aliphatic heterocycles. The van der Waals surface area contributed by atoms with Crippen LogP contribution in [0.15, 0.2) is 6.07 Å². The predicted molar refractivity (Wildman–Crippen MR) is 80.1 cm³/mol. The van der Waals surface area contributed by atoms with Crippen LogP contribution in [0.1, 0.15) is 13.8 Å². The van der Waals surface area contributed by atoms with E-state index in [9.17, 15) is 0 Å². The highest BCUT2D eigenvalue weighted by Gasteiger charge is 2.08. The summed E-state index contributed by atoms with van der Waals surface area (Å²) in [7, 11) is 2.07. The summed E-state index contributed by atoms with van der Waals surface area (Å²) in [4.78, 5) is 6.59. The fraction of sp³-hybridized carbons (Fsp3) is 0.583. The molecular formula is C12H20Cl2N4. The van der Waals surface area contributed by atoms with Gasteiger partial charge in [-0.25, -0.2) is 4.98 Å². The Morgan fingerprint density at radius 2 is 1.78 bits per heavy atom. The van der Waals surface area contributed by atoms with Gasteiger partial charge in [0, 0.05) is 19.6 Å². The average molecular weight is 291 g/mol. The number of anilines is 2. The predicted octanol–water partition coefficient (Wildman–Crippen LogP) is 3.18. The standard InChI is InChI=1S/C12H20Cl2N4/c1-4-15-11-9(13)8-10(14)12(17-11)16-6-7-18(3)5-2/h8H,4-7H2,1-3H3,(H2,15,16,17). The maximum Gasteiger partial charge on any atom is 0.147 e. The summed E-state index contributed by atoms with van der Waals surface area (Å²) in [6.45, 7) is 7.64. The van der Waals surface area contributed by atoms with Crippen LogP contribution in [0, 0.1) is 0 Å². The molecule has 0 spiro atoms. The van der Waals surface area contributed by atoms with Gasteiger partial charge in [0.1, 0.15) is 11.6 Å². The van der Waals surface area contributed by atoms with Gasteiger partial charge in [-0.15, -0.1) is 0 Å². The van der Waals surface area contributed by atoms with Gasteiger partial charge in [-0.3, -0.25) is 0 Å². The zero-order chi connectivity index (χ0) is 13.5. The maximum absolute atomic E-state index is 6.10. The van der Waals surface area contributed by atoms with Crippen molar-refractivity contribution in [1.29, 1.82) is 0 Å². The minimum absolute atomic E-state index is 0.540. The first-order valence-electron chi connectivity index (χ1n) is 6.10. The van der Waals surface area contributed by atoms with Crippen molar-refractivity contribution >= 4 is 34.8 Å². The first-order valence-corrected chi connectivity index (χ1v) is 6.86. The number of nitrogens with one attached hydrogen (secondary N) is 2. The van der Waals surface area contributed by atoms with Crippen molar-refractivity contribution in [1.82, 2.24) is 9.88 Å². The number of likely N-dealkylation sites (N-methyl/N-ethyl adjacent to an activating group) is 1. The van der Waals surface area contributed by atoms with E-state index in [0.29, 0.717) is 21.7 Å². The van der Waals surface area contributed by atoms with E-state index in [-0.39, 0.29) is 0 Å². The minimum Gasteiger partial charge on any atom is -0.369 e. The number of aromatic nitrogens is 1. The van der Waals surface area contributed by atoms with E-state index in [2.05, 4.69) is 34.5 Å². The van der Waals surface area contributed by atoms with Gasteiger partial charge < -0.3 is 15.5 Å². The number of halogens is 2. The van der Waals surface area contributed by atoms with Crippen LogP contribution in [0.2, 0.25) is 10.0 Å². The van der Waals surface area contributed by atoms with E-state index < -0.39 is 0 Å². The Labute approximate surface area is 119 Å². The lowest BCUT2D eigenvalue weighted by Crippen LogP contribution is -2.25. The van der Waals surface area contributed by atoms with E-state index in [1.807, 2.05) is 6.92 Å². The van der Waals surface area contributed by atoms with Gasteiger partial charge in [-0.2, -0.15) is 0 Å². The summed E-state index contributed by atoms with van der Waals surface area (Å²) in [5.74, 6) is 1.33. The Morgan fingerprint density at radius 3 is 2.33 bits per heavy atom. The third kappa shape index (κ3) is 4.52. The van der Waals surface area contributed by atoms with Crippen LogP contribution in [0.3, 0.4) is 0 Å². The molecule has 1 heterocycles. The smallest absolute Gasteiger partial charge is 0.147 e. The molecule has 6 heteroatoms. The first-order chi connectivity index (χ1) is 8.58. The van der Waals surface area contributed by atoms with E-state index in [4.69, 9.17) is 23.2 Å². The highest BCUT2D eigenvalue weighted by Crippen LogP contribution is 2.28. The van der Waals surface area contributed by atoms with Crippen LogP contribution in [0.5, 0.6) is 0 Å². The summed E-state index contributed by atoms with van der Waals surface area (Å²) >= 11 is 12.1. The molecule has 0 aliphatic carbocycles. The number of hydrogen-bond acceptors (Lipinski definition) is 4. The summed E-state index contributed by atoms with van der Waals surface area (Å²) in [5, 5.41) is 7.40. The van der Waals surface area contributed by atoms with E-state index in [0.717, 1.165) is 26.2 Å².